The Hall–Kier alpha value is -2.29. The quantitative estimate of drug-likeness (QED) is 0.885. The molecule has 1 aliphatic rings. The molecule has 0 radical (unpaired) electrons. The summed E-state index contributed by atoms with van der Waals surface area (Å²) in [6.45, 7) is 0.567. The Balaban J connectivity index is 1.57. The summed E-state index contributed by atoms with van der Waals surface area (Å²) < 4.78 is 5.82. The molecule has 0 aliphatic heterocycles. The van der Waals surface area contributed by atoms with E-state index in [4.69, 9.17) is 10.5 Å². The van der Waals surface area contributed by atoms with Gasteiger partial charge in [0.05, 0.1) is 0 Å². The summed E-state index contributed by atoms with van der Waals surface area (Å²) in [5.74, 6) is 1.18. The number of hydrogen-bond donors (Lipinski definition) is 1. The molecule has 2 aromatic carbocycles. The summed E-state index contributed by atoms with van der Waals surface area (Å²) in [5, 5.41) is 0. The topological polar surface area (TPSA) is 52.3 Å². The van der Waals surface area contributed by atoms with E-state index < -0.39 is 0 Å². The minimum absolute atomic E-state index is 0.0684. The van der Waals surface area contributed by atoms with Crippen molar-refractivity contribution in [3.63, 3.8) is 0 Å². The van der Waals surface area contributed by atoms with Gasteiger partial charge in [-0.25, -0.2) is 0 Å². The number of ether oxygens (including phenoxy) is 1. The van der Waals surface area contributed by atoms with E-state index in [1.807, 2.05) is 42.5 Å². The van der Waals surface area contributed by atoms with Crippen LogP contribution in [0, 0.1) is 11.8 Å². The second-order valence-corrected chi connectivity index (χ2v) is 5.63. The highest BCUT2D eigenvalue weighted by Gasteiger charge is 2.41. The molecule has 0 bridgehead atoms. The first kappa shape index (κ1) is 13.7. The van der Waals surface area contributed by atoms with Crippen LogP contribution in [0.15, 0.2) is 54.6 Å². The van der Waals surface area contributed by atoms with Gasteiger partial charge in [0.1, 0.15) is 12.4 Å². The molecule has 0 saturated heterocycles. The number of benzene rings is 2. The van der Waals surface area contributed by atoms with Crippen LogP contribution in [0.2, 0.25) is 0 Å². The molecule has 2 N–H and O–H groups in total. The molecule has 0 aromatic heterocycles. The minimum atomic E-state index is -0.170. The lowest BCUT2D eigenvalue weighted by molar-refractivity contribution is -0.119. The molecule has 2 atom stereocenters. The average molecular weight is 281 g/mol. The Bertz CT molecular complexity index is 624. The fourth-order valence-corrected chi connectivity index (χ4v) is 2.63. The third-order valence-electron chi connectivity index (χ3n) is 3.93. The molecular formula is C18H19NO2. The zero-order valence-corrected chi connectivity index (χ0v) is 11.9. The van der Waals surface area contributed by atoms with Gasteiger partial charge in [0.25, 0.3) is 0 Å². The molecule has 3 heteroatoms. The molecule has 1 saturated carbocycles. The molecule has 1 aliphatic carbocycles. The van der Waals surface area contributed by atoms with Crippen LogP contribution in [0.5, 0.6) is 5.75 Å². The molecule has 2 unspecified atom stereocenters. The van der Waals surface area contributed by atoms with Crippen LogP contribution in [0.25, 0.3) is 0 Å². The Labute approximate surface area is 124 Å². The van der Waals surface area contributed by atoms with E-state index in [1.165, 1.54) is 5.56 Å². The maximum absolute atomic E-state index is 11.1. The highest BCUT2D eigenvalue weighted by Crippen LogP contribution is 2.40. The van der Waals surface area contributed by atoms with Crippen molar-refractivity contribution in [2.75, 3.05) is 0 Å². The van der Waals surface area contributed by atoms with E-state index in [1.54, 1.807) is 0 Å². The first-order valence-electron chi connectivity index (χ1n) is 7.27. The van der Waals surface area contributed by atoms with Crippen LogP contribution >= 0.6 is 0 Å². The van der Waals surface area contributed by atoms with E-state index in [0.717, 1.165) is 24.2 Å². The van der Waals surface area contributed by atoms with Gasteiger partial charge in [-0.15, -0.1) is 0 Å². The van der Waals surface area contributed by atoms with Crippen molar-refractivity contribution in [1.29, 1.82) is 0 Å². The number of carbonyl (C=O) groups excluding carboxylic acids is 1. The molecular weight excluding hydrogens is 262 g/mol. The molecule has 108 valence electrons. The number of nitrogens with two attached hydrogens (primary N) is 1. The van der Waals surface area contributed by atoms with Gasteiger partial charge < -0.3 is 10.5 Å². The molecule has 3 rings (SSSR count). The first-order valence-corrected chi connectivity index (χ1v) is 7.27. The largest absolute Gasteiger partial charge is 0.489 e. The SMILES string of the molecule is NC(=O)C1CC1Cc1cccc(OCc2ccccc2)c1. The molecule has 0 spiro atoms. The monoisotopic (exact) mass is 281 g/mol. The van der Waals surface area contributed by atoms with Crippen molar-refractivity contribution in [2.24, 2.45) is 17.6 Å². The van der Waals surface area contributed by atoms with Crippen LogP contribution in [0.1, 0.15) is 17.5 Å². The third kappa shape index (κ3) is 3.63. The summed E-state index contributed by atoms with van der Waals surface area (Å²) in [7, 11) is 0. The Morgan fingerprint density at radius 3 is 2.57 bits per heavy atom. The fraction of sp³-hybridized carbons (Fsp3) is 0.278. The number of amides is 1. The normalized spacial score (nSPS) is 20.0. The van der Waals surface area contributed by atoms with Crippen molar-refractivity contribution < 1.29 is 9.53 Å². The van der Waals surface area contributed by atoms with Crippen LogP contribution in [0.3, 0.4) is 0 Å². The van der Waals surface area contributed by atoms with Crippen LogP contribution in [-0.2, 0) is 17.8 Å². The standard InChI is InChI=1S/C18H19NO2/c19-18(20)17-11-15(17)9-14-7-4-8-16(10-14)21-12-13-5-2-1-3-6-13/h1-8,10,15,17H,9,11-12H2,(H2,19,20). The number of carbonyl (C=O) groups is 1. The van der Waals surface area contributed by atoms with Gasteiger partial charge in [0, 0.05) is 5.92 Å². The molecule has 2 aromatic rings. The van der Waals surface area contributed by atoms with Gasteiger partial charge in [-0.1, -0.05) is 42.5 Å². The number of hydrogen-bond acceptors (Lipinski definition) is 2. The van der Waals surface area contributed by atoms with Crippen molar-refractivity contribution in [3.05, 3.63) is 65.7 Å². The maximum Gasteiger partial charge on any atom is 0.220 e. The smallest absolute Gasteiger partial charge is 0.220 e. The highest BCUT2D eigenvalue weighted by atomic mass is 16.5. The third-order valence-corrected chi connectivity index (χ3v) is 3.93. The van der Waals surface area contributed by atoms with Gasteiger partial charge in [-0.05, 0) is 42.0 Å². The summed E-state index contributed by atoms with van der Waals surface area (Å²) in [6, 6.07) is 18.2. The van der Waals surface area contributed by atoms with Crippen LogP contribution in [-0.4, -0.2) is 5.91 Å². The summed E-state index contributed by atoms with van der Waals surface area (Å²) in [5.41, 5.74) is 7.67. The Morgan fingerprint density at radius 1 is 1.10 bits per heavy atom. The van der Waals surface area contributed by atoms with Crippen molar-refractivity contribution >= 4 is 5.91 Å². The zero-order valence-electron chi connectivity index (χ0n) is 11.9. The Kier molecular flexibility index (Phi) is 3.91. The van der Waals surface area contributed by atoms with E-state index >= 15 is 0 Å². The second-order valence-electron chi connectivity index (χ2n) is 5.63. The van der Waals surface area contributed by atoms with E-state index in [-0.39, 0.29) is 11.8 Å². The molecule has 3 nitrogen and oxygen atoms in total. The minimum Gasteiger partial charge on any atom is -0.489 e. The van der Waals surface area contributed by atoms with Gasteiger partial charge in [-0.2, -0.15) is 0 Å². The lowest BCUT2D eigenvalue weighted by Crippen LogP contribution is -2.14. The average Bonchev–Trinajstić information content (AvgIpc) is 3.26. The van der Waals surface area contributed by atoms with Crippen molar-refractivity contribution in [1.82, 2.24) is 0 Å². The fourth-order valence-electron chi connectivity index (χ4n) is 2.63. The van der Waals surface area contributed by atoms with E-state index in [2.05, 4.69) is 12.1 Å². The summed E-state index contributed by atoms with van der Waals surface area (Å²) in [6.07, 6.45) is 1.82. The predicted octanol–water partition coefficient (Wildman–Crippen LogP) is 2.93. The van der Waals surface area contributed by atoms with Gasteiger partial charge in [0.15, 0.2) is 0 Å². The van der Waals surface area contributed by atoms with Gasteiger partial charge in [-0.3, -0.25) is 4.79 Å². The molecule has 21 heavy (non-hydrogen) atoms. The molecule has 0 heterocycles. The maximum atomic E-state index is 11.1. The number of rotatable bonds is 6. The number of primary amides is 1. The first-order chi connectivity index (χ1) is 10.2. The van der Waals surface area contributed by atoms with Crippen LogP contribution < -0.4 is 10.5 Å². The van der Waals surface area contributed by atoms with Crippen molar-refractivity contribution in [2.45, 2.75) is 19.4 Å². The van der Waals surface area contributed by atoms with Gasteiger partial charge in [0.2, 0.25) is 5.91 Å². The predicted molar refractivity (Wildman–Crippen MR) is 81.7 cm³/mol. The van der Waals surface area contributed by atoms with E-state index in [9.17, 15) is 4.79 Å². The lowest BCUT2D eigenvalue weighted by atomic mass is 10.1. The van der Waals surface area contributed by atoms with Crippen LogP contribution in [0.4, 0.5) is 0 Å². The lowest BCUT2D eigenvalue weighted by Gasteiger charge is -2.08. The Morgan fingerprint density at radius 2 is 1.86 bits per heavy atom. The molecule has 1 amide bonds. The van der Waals surface area contributed by atoms with E-state index in [0.29, 0.717) is 12.5 Å². The summed E-state index contributed by atoms with van der Waals surface area (Å²) in [4.78, 5) is 11.1. The zero-order chi connectivity index (χ0) is 14.7. The van der Waals surface area contributed by atoms with Crippen molar-refractivity contribution in [3.8, 4) is 5.75 Å². The molecule has 1 fully saturated rings. The second kappa shape index (κ2) is 6.00. The summed E-state index contributed by atoms with van der Waals surface area (Å²) >= 11 is 0. The highest BCUT2D eigenvalue weighted by molar-refractivity contribution is 5.79. The van der Waals surface area contributed by atoms with Gasteiger partial charge >= 0.3 is 0 Å².